The SMILES string of the molecule is CNCc1sc(Cc2ccccn2)nc1C. The Labute approximate surface area is 99.6 Å². The molecule has 2 aromatic heterocycles. The van der Waals surface area contributed by atoms with E-state index < -0.39 is 0 Å². The Morgan fingerprint density at radius 3 is 2.94 bits per heavy atom. The van der Waals surface area contributed by atoms with Gasteiger partial charge in [-0.1, -0.05) is 6.07 Å². The van der Waals surface area contributed by atoms with Crippen molar-refractivity contribution in [1.82, 2.24) is 15.3 Å². The average molecular weight is 233 g/mol. The minimum Gasteiger partial charge on any atom is -0.315 e. The molecule has 0 unspecified atom stereocenters. The first-order chi connectivity index (χ1) is 7.79. The molecule has 3 nitrogen and oxygen atoms in total. The van der Waals surface area contributed by atoms with E-state index in [0.29, 0.717) is 0 Å². The molecule has 0 atom stereocenters. The second-order valence-electron chi connectivity index (χ2n) is 3.64. The van der Waals surface area contributed by atoms with Crippen molar-refractivity contribution in [2.24, 2.45) is 0 Å². The summed E-state index contributed by atoms with van der Waals surface area (Å²) in [6, 6.07) is 5.98. The maximum absolute atomic E-state index is 4.56. The number of aryl methyl sites for hydroxylation is 1. The monoisotopic (exact) mass is 233 g/mol. The van der Waals surface area contributed by atoms with E-state index in [2.05, 4.69) is 22.2 Å². The van der Waals surface area contributed by atoms with E-state index in [1.165, 1.54) is 4.88 Å². The predicted octanol–water partition coefficient (Wildman–Crippen LogP) is 2.16. The lowest BCUT2D eigenvalue weighted by molar-refractivity contribution is 0.822. The number of thiazole rings is 1. The van der Waals surface area contributed by atoms with Crippen LogP contribution in [-0.4, -0.2) is 17.0 Å². The zero-order chi connectivity index (χ0) is 11.4. The predicted molar refractivity (Wildman–Crippen MR) is 66.7 cm³/mol. The summed E-state index contributed by atoms with van der Waals surface area (Å²) in [5.74, 6) is 0. The Morgan fingerprint density at radius 1 is 1.38 bits per heavy atom. The number of aromatic nitrogens is 2. The smallest absolute Gasteiger partial charge is 0.0991 e. The third-order valence-electron chi connectivity index (χ3n) is 2.33. The third-order valence-corrected chi connectivity index (χ3v) is 3.49. The van der Waals surface area contributed by atoms with Crippen LogP contribution in [0, 0.1) is 6.92 Å². The summed E-state index contributed by atoms with van der Waals surface area (Å²) in [5, 5.41) is 4.30. The van der Waals surface area contributed by atoms with Gasteiger partial charge in [0.25, 0.3) is 0 Å². The minimum absolute atomic E-state index is 0.829. The number of rotatable bonds is 4. The summed E-state index contributed by atoms with van der Waals surface area (Å²) < 4.78 is 0. The second-order valence-corrected chi connectivity index (χ2v) is 4.81. The van der Waals surface area contributed by atoms with Crippen molar-refractivity contribution in [3.05, 3.63) is 45.7 Å². The van der Waals surface area contributed by atoms with Crippen molar-refractivity contribution in [3.8, 4) is 0 Å². The number of nitrogens with zero attached hydrogens (tertiary/aromatic N) is 2. The Kier molecular flexibility index (Phi) is 3.64. The molecule has 0 saturated heterocycles. The van der Waals surface area contributed by atoms with Crippen LogP contribution < -0.4 is 5.32 Å². The van der Waals surface area contributed by atoms with Crippen LogP contribution in [0.5, 0.6) is 0 Å². The van der Waals surface area contributed by atoms with Gasteiger partial charge in [-0.3, -0.25) is 4.98 Å². The van der Waals surface area contributed by atoms with Crippen LogP contribution in [0.2, 0.25) is 0 Å². The van der Waals surface area contributed by atoms with Crippen molar-refractivity contribution in [3.63, 3.8) is 0 Å². The first-order valence-corrected chi connectivity index (χ1v) is 6.11. The lowest BCUT2D eigenvalue weighted by atomic mass is 10.3. The molecule has 0 aromatic carbocycles. The topological polar surface area (TPSA) is 37.8 Å². The van der Waals surface area contributed by atoms with Crippen LogP contribution in [0.4, 0.5) is 0 Å². The molecule has 1 N–H and O–H groups in total. The molecular weight excluding hydrogens is 218 g/mol. The van der Waals surface area contributed by atoms with Crippen molar-refractivity contribution < 1.29 is 0 Å². The normalized spacial score (nSPS) is 10.6. The van der Waals surface area contributed by atoms with Gasteiger partial charge in [-0.25, -0.2) is 4.98 Å². The maximum atomic E-state index is 4.56. The Balaban J connectivity index is 2.13. The Bertz CT molecular complexity index is 451. The molecule has 0 aliphatic heterocycles. The van der Waals surface area contributed by atoms with Crippen molar-refractivity contribution in [2.45, 2.75) is 19.9 Å². The van der Waals surface area contributed by atoms with E-state index in [1.54, 1.807) is 11.3 Å². The molecule has 84 valence electrons. The molecular formula is C12H15N3S. The minimum atomic E-state index is 0.829. The fourth-order valence-electron chi connectivity index (χ4n) is 1.55. The summed E-state index contributed by atoms with van der Waals surface area (Å²) in [6.07, 6.45) is 2.65. The molecule has 2 aromatic rings. The Hall–Kier alpha value is -1.26. The fraction of sp³-hybridized carbons (Fsp3) is 0.333. The summed E-state index contributed by atoms with van der Waals surface area (Å²) in [6.45, 7) is 2.96. The standard InChI is InChI=1S/C12H15N3S/c1-9-11(8-13-2)16-12(15-9)7-10-5-3-4-6-14-10/h3-6,13H,7-8H2,1-2H3. The summed E-state index contributed by atoms with van der Waals surface area (Å²) in [7, 11) is 1.96. The van der Waals surface area contributed by atoms with Gasteiger partial charge in [0.05, 0.1) is 10.7 Å². The van der Waals surface area contributed by atoms with E-state index in [1.807, 2.05) is 31.4 Å². The number of pyridine rings is 1. The highest BCUT2D eigenvalue weighted by Crippen LogP contribution is 2.19. The van der Waals surface area contributed by atoms with Crippen LogP contribution >= 0.6 is 11.3 Å². The highest BCUT2D eigenvalue weighted by molar-refractivity contribution is 7.11. The summed E-state index contributed by atoms with van der Waals surface area (Å²) in [5.41, 5.74) is 2.21. The van der Waals surface area contributed by atoms with Gasteiger partial charge < -0.3 is 5.32 Å². The number of hydrogen-bond acceptors (Lipinski definition) is 4. The molecule has 16 heavy (non-hydrogen) atoms. The molecule has 0 radical (unpaired) electrons. The van der Waals surface area contributed by atoms with Crippen LogP contribution in [-0.2, 0) is 13.0 Å². The number of hydrogen-bond donors (Lipinski definition) is 1. The van der Waals surface area contributed by atoms with Gasteiger partial charge >= 0.3 is 0 Å². The molecule has 0 saturated carbocycles. The van der Waals surface area contributed by atoms with Crippen LogP contribution in [0.25, 0.3) is 0 Å². The first-order valence-electron chi connectivity index (χ1n) is 5.29. The lowest BCUT2D eigenvalue weighted by Crippen LogP contribution is -2.04. The van der Waals surface area contributed by atoms with Crippen molar-refractivity contribution in [2.75, 3.05) is 7.05 Å². The van der Waals surface area contributed by atoms with E-state index >= 15 is 0 Å². The largest absolute Gasteiger partial charge is 0.315 e. The highest BCUT2D eigenvalue weighted by Gasteiger charge is 2.07. The molecule has 0 amide bonds. The highest BCUT2D eigenvalue weighted by atomic mass is 32.1. The molecule has 0 bridgehead atoms. The maximum Gasteiger partial charge on any atom is 0.0991 e. The van der Waals surface area contributed by atoms with E-state index in [0.717, 1.165) is 29.4 Å². The molecule has 0 spiro atoms. The van der Waals surface area contributed by atoms with Crippen LogP contribution in [0.1, 0.15) is 21.3 Å². The van der Waals surface area contributed by atoms with Crippen molar-refractivity contribution >= 4 is 11.3 Å². The van der Waals surface area contributed by atoms with Gasteiger partial charge in [0, 0.05) is 29.7 Å². The van der Waals surface area contributed by atoms with E-state index in [-0.39, 0.29) is 0 Å². The molecule has 2 heterocycles. The van der Waals surface area contributed by atoms with Gasteiger partial charge in [0.15, 0.2) is 0 Å². The van der Waals surface area contributed by atoms with Gasteiger partial charge in [-0.05, 0) is 26.1 Å². The molecule has 2 rings (SSSR count). The van der Waals surface area contributed by atoms with Crippen molar-refractivity contribution in [1.29, 1.82) is 0 Å². The van der Waals surface area contributed by atoms with Gasteiger partial charge in [0.1, 0.15) is 0 Å². The average Bonchev–Trinajstić information content (AvgIpc) is 2.61. The molecule has 0 aliphatic carbocycles. The summed E-state index contributed by atoms with van der Waals surface area (Å²) >= 11 is 1.77. The zero-order valence-corrected chi connectivity index (χ0v) is 10.3. The second kappa shape index (κ2) is 5.18. The third kappa shape index (κ3) is 2.65. The van der Waals surface area contributed by atoms with Gasteiger partial charge in [-0.15, -0.1) is 11.3 Å². The molecule has 0 fully saturated rings. The van der Waals surface area contributed by atoms with Crippen LogP contribution in [0.15, 0.2) is 24.4 Å². The zero-order valence-electron chi connectivity index (χ0n) is 9.53. The van der Waals surface area contributed by atoms with Gasteiger partial charge in [-0.2, -0.15) is 0 Å². The lowest BCUT2D eigenvalue weighted by Gasteiger charge is -1.95. The summed E-state index contributed by atoms with van der Waals surface area (Å²) in [4.78, 5) is 10.2. The van der Waals surface area contributed by atoms with E-state index in [9.17, 15) is 0 Å². The number of nitrogens with one attached hydrogen (secondary N) is 1. The quantitative estimate of drug-likeness (QED) is 0.879. The Morgan fingerprint density at radius 2 is 2.25 bits per heavy atom. The molecule has 0 aliphatic rings. The molecule has 4 heteroatoms. The fourth-order valence-corrected chi connectivity index (χ4v) is 2.64. The van der Waals surface area contributed by atoms with Crippen LogP contribution in [0.3, 0.4) is 0 Å². The first kappa shape index (κ1) is 11.2. The van der Waals surface area contributed by atoms with E-state index in [4.69, 9.17) is 0 Å². The van der Waals surface area contributed by atoms with Gasteiger partial charge in [0.2, 0.25) is 0 Å².